The summed E-state index contributed by atoms with van der Waals surface area (Å²) in [5, 5.41) is 10.9. The third-order valence-corrected chi connectivity index (χ3v) is 5.46. The van der Waals surface area contributed by atoms with Crippen LogP contribution >= 0.6 is 11.6 Å². The summed E-state index contributed by atoms with van der Waals surface area (Å²) < 4.78 is 11.2. The van der Waals surface area contributed by atoms with Gasteiger partial charge in [-0.2, -0.15) is 0 Å². The fourth-order valence-corrected chi connectivity index (χ4v) is 3.95. The molecule has 0 amide bonds. The lowest BCUT2D eigenvalue weighted by atomic mass is 10.0. The second-order valence-corrected chi connectivity index (χ2v) is 7.87. The van der Waals surface area contributed by atoms with Crippen molar-refractivity contribution in [3.8, 4) is 16.9 Å². The molecule has 3 heterocycles. The van der Waals surface area contributed by atoms with E-state index in [1.54, 1.807) is 6.07 Å². The maximum atomic E-state index is 10.3. The first-order valence-corrected chi connectivity index (χ1v) is 10.1. The summed E-state index contributed by atoms with van der Waals surface area (Å²) in [5.74, 6) is 1.70. The van der Waals surface area contributed by atoms with Gasteiger partial charge in [-0.25, -0.2) is 4.98 Å². The average molecular weight is 404 g/mol. The number of benzene rings is 1. The van der Waals surface area contributed by atoms with Gasteiger partial charge in [-0.05, 0) is 41.8 Å². The smallest absolute Gasteiger partial charge is 0.131 e. The zero-order chi connectivity index (χ0) is 19.5. The quantitative estimate of drug-likeness (QED) is 0.799. The van der Waals surface area contributed by atoms with Crippen molar-refractivity contribution < 1.29 is 14.6 Å². The van der Waals surface area contributed by atoms with Crippen molar-refractivity contribution in [3.05, 3.63) is 41.0 Å². The first-order chi connectivity index (χ1) is 13.6. The molecule has 1 fully saturated rings. The zero-order valence-corrected chi connectivity index (χ0v) is 16.9. The largest absolute Gasteiger partial charge is 0.491 e. The summed E-state index contributed by atoms with van der Waals surface area (Å²) in [5.41, 5.74) is 3.24. The molecule has 28 heavy (non-hydrogen) atoms. The Kier molecular flexibility index (Phi) is 6.01. The topological polar surface area (TPSA) is 58.1 Å². The molecule has 0 aliphatic carbocycles. The number of nitrogens with zero attached hydrogens (tertiary/aromatic N) is 3. The average Bonchev–Trinajstić information content (AvgIpc) is 3.07. The van der Waals surface area contributed by atoms with Gasteiger partial charge in [0.05, 0.1) is 13.2 Å². The minimum absolute atomic E-state index is 0.227. The number of hydrogen-bond donors (Lipinski definition) is 1. The Bertz CT molecular complexity index is 827. The van der Waals surface area contributed by atoms with Crippen LogP contribution in [0.5, 0.6) is 5.75 Å². The molecule has 1 atom stereocenters. The maximum Gasteiger partial charge on any atom is 0.131 e. The number of aromatic nitrogens is 1. The van der Waals surface area contributed by atoms with Gasteiger partial charge >= 0.3 is 0 Å². The van der Waals surface area contributed by atoms with Crippen molar-refractivity contribution in [2.45, 2.75) is 12.5 Å². The Morgan fingerprint density at radius 1 is 1.18 bits per heavy atom. The fraction of sp³-hybridized carbons (Fsp3) is 0.476. The molecule has 2 aromatic rings. The van der Waals surface area contributed by atoms with Gasteiger partial charge in [0.2, 0.25) is 0 Å². The lowest BCUT2D eigenvalue weighted by Crippen LogP contribution is -2.42. The van der Waals surface area contributed by atoms with Gasteiger partial charge in [0.1, 0.15) is 24.3 Å². The lowest BCUT2D eigenvalue weighted by molar-refractivity contribution is 0.00466. The summed E-state index contributed by atoms with van der Waals surface area (Å²) in [6.45, 7) is 4.93. The number of likely N-dealkylation sites (N-methyl/N-ethyl adjacent to an activating group) is 1. The van der Waals surface area contributed by atoms with E-state index in [1.165, 1.54) is 5.56 Å². The Balaban J connectivity index is 1.42. The highest BCUT2D eigenvalue weighted by atomic mass is 35.5. The molecule has 150 valence electrons. The molecule has 1 N–H and O–H groups in total. The van der Waals surface area contributed by atoms with Crippen LogP contribution in [0.4, 0.5) is 5.82 Å². The van der Waals surface area contributed by atoms with Crippen molar-refractivity contribution in [1.82, 2.24) is 9.88 Å². The summed E-state index contributed by atoms with van der Waals surface area (Å²) in [6.07, 6.45) is 2.32. The number of anilines is 1. The summed E-state index contributed by atoms with van der Waals surface area (Å²) >= 11 is 6.32. The number of hydrogen-bond acceptors (Lipinski definition) is 6. The Hall–Kier alpha value is -1.86. The molecular weight excluding hydrogens is 378 g/mol. The van der Waals surface area contributed by atoms with E-state index >= 15 is 0 Å². The molecule has 1 unspecified atom stereocenters. The highest BCUT2D eigenvalue weighted by molar-refractivity contribution is 6.31. The normalized spacial score (nSPS) is 18.2. The van der Waals surface area contributed by atoms with Crippen LogP contribution in [0.25, 0.3) is 11.1 Å². The molecule has 1 saturated heterocycles. The number of ether oxygens (including phenoxy) is 2. The zero-order valence-electron chi connectivity index (χ0n) is 16.1. The molecule has 4 rings (SSSR count). The van der Waals surface area contributed by atoms with Gasteiger partial charge in [0.25, 0.3) is 0 Å². The van der Waals surface area contributed by atoms with E-state index in [4.69, 9.17) is 21.1 Å². The van der Waals surface area contributed by atoms with Crippen molar-refractivity contribution in [1.29, 1.82) is 0 Å². The highest BCUT2D eigenvalue weighted by Gasteiger charge is 2.18. The Labute approximate surface area is 170 Å². The second kappa shape index (κ2) is 8.66. The maximum absolute atomic E-state index is 10.3. The number of β-amino-alcohol motifs (C(OH)–C–C–N with tert-alkyl or cyclic N) is 1. The fourth-order valence-electron chi connectivity index (χ4n) is 3.72. The van der Waals surface area contributed by atoms with Gasteiger partial charge in [-0.3, -0.25) is 4.90 Å². The molecule has 0 radical (unpaired) electrons. The van der Waals surface area contributed by atoms with Crippen LogP contribution in [0.15, 0.2) is 30.5 Å². The molecule has 1 aromatic carbocycles. The van der Waals surface area contributed by atoms with Crippen LogP contribution < -0.4 is 9.64 Å². The van der Waals surface area contributed by atoms with Crippen molar-refractivity contribution in [2.75, 3.05) is 57.9 Å². The van der Waals surface area contributed by atoms with E-state index in [9.17, 15) is 5.11 Å². The van der Waals surface area contributed by atoms with Crippen molar-refractivity contribution >= 4 is 17.4 Å². The third-order valence-electron chi connectivity index (χ3n) is 5.24. The SMILES string of the molecule is CN1CCc2cc(-c3cc(Cl)cc(OCC(O)CN4CCOCC4)c3)cnc21. The lowest BCUT2D eigenvalue weighted by Gasteiger charge is -2.28. The number of fused-ring (bicyclic) bond motifs is 1. The summed E-state index contributed by atoms with van der Waals surface area (Å²) in [4.78, 5) is 8.96. The van der Waals surface area contributed by atoms with E-state index in [2.05, 4.69) is 27.9 Å². The van der Waals surface area contributed by atoms with Gasteiger partial charge in [0, 0.05) is 50.0 Å². The second-order valence-electron chi connectivity index (χ2n) is 7.43. The van der Waals surface area contributed by atoms with E-state index < -0.39 is 6.10 Å². The van der Waals surface area contributed by atoms with Crippen molar-refractivity contribution in [3.63, 3.8) is 0 Å². The summed E-state index contributed by atoms with van der Waals surface area (Å²) in [6, 6.07) is 7.83. The van der Waals surface area contributed by atoms with Gasteiger partial charge in [-0.15, -0.1) is 0 Å². The van der Waals surface area contributed by atoms with Crippen LogP contribution in [0, 0.1) is 0 Å². The van der Waals surface area contributed by atoms with Crippen LogP contribution in [0.1, 0.15) is 5.56 Å². The van der Waals surface area contributed by atoms with Crippen LogP contribution in [0.3, 0.4) is 0 Å². The van der Waals surface area contributed by atoms with E-state index in [0.717, 1.165) is 56.2 Å². The van der Waals surface area contributed by atoms with Crippen molar-refractivity contribution in [2.24, 2.45) is 0 Å². The predicted octanol–water partition coefficient (Wildman–Crippen LogP) is 2.47. The molecule has 0 saturated carbocycles. The molecule has 6 nitrogen and oxygen atoms in total. The van der Waals surface area contributed by atoms with Crippen LogP contribution in [-0.2, 0) is 11.2 Å². The van der Waals surface area contributed by atoms with Gasteiger partial charge < -0.3 is 19.5 Å². The van der Waals surface area contributed by atoms with E-state index in [-0.39, 0.29) is 6.61 Å². The third kappa shape index (κ3) is 4.58. The van der Waals surface area contributed by atoms with Crippen LogP contribution in [0.2, 0.25) is 5.02 Å². The first kappa shape index (κ1) is 19.5. The van der Waals surface area contributed by atoms with Gasteiger partial charge in [-0.1, -0.05) is 11.6 Å². The Morgan fingerprint density at radius 2 is 2.00 bits per heavy atom. The number of rotatable bonds is 6. The molecule has 0 bridgehead atoms. The number of pyridine rings is 1. The molecule has 1 aromatic heterocycles. The molecule has 0 spiro atoms. The molecular formula is C21H26ClN3O3. The number of aliphatic hydroxyl groups excluding tert-OH is 1. The summed E-state index contributed by atoms with van der Waals surface area (Å²) in [7, 11) is 2.06. The molecule has 2 aliphatic heterocycles. The number of morpholine rings is 1. The molecule has 7 heteroatoms. The standard InChI is InChI=1S/C21H26ClN3O3/c1-24-3-2-15-8-17(12-23-21(15)24)16-9-18(22)11-20(10-16)28-14-19(26)13-25-4-6-27-7-5-25/h8-12,19,26H,2-7,13-14H2,1H3. The highest BCUT2D eigenvalue weighted by Crippen LogP contribution is 2.32. The van der Waals surface area contributed by atoms with Gasteiger partial charge in [0.15, 0.2) is 0 Å². The minimum Gasteiger partial charge on any atom is -0.491 e. The molecule has 2 aliphatic rings. The number of aliphatic hydroxyl groups is 1. The van der Waals surface area contributed by atoms with E-state index in [1.807, 2.05) is 18.3 Å². The first-order valence-electron chi connectivity index (χ1n) is 9.70. The monoisotopic (exact) mass is 403 g/mol. The Morgan fingerprint density at radius 3 is 2.82 bits per heavy atom. The number of halogens is 1. The minimum atomic E-state index is -0.558. The van der Waals surface area contributed by atoms with E-state index in [0.29, 0.717) is 17.3 Å². The van der Waals surface area contributed by atoms with Crippen LogP contribution in [-0.4, -0.2) is 74.1 Å². The predicted molar refractivity (Wildman–Crippen MR) is 110 cm³/mol.